The van der Waals surface area contributed by atoms with Crippen molar-refractivity contribution in [3.8, 4) is 5.75 Å². The normalized spacial score (nSPS) is 14.4. The van der Waals surface area contributed by atoms with E-state index in [2.05, 4.69) is 15.3 Å². The molecule has 1 fully saturated rings. The highest BCUT2D eigenvalue weighted by molar-refractivity contribution is 7.09. The number of nitrogens with zero attached hydrogens (tertiary/aromatic N) is 4. The first-order valence-electron chi connectivity index (χ1n) is 10.2. The molecule has 4 rings (SSSR count). The van der Waals surface area contributed by atoms with E-state index in [1.54, 1.807) is 7.11 Å². The minimum absolute atomic E-state index is 0.194. The fourth-order valence-corrected chi connectivity index (χ4v) is 4.39. The average Bonchev–Trinajstić information content (AvgIpc) is 3.09. The zero-order chi connectivity index (χ0) is 20.8. The highest BCUT2D eigenvalue weighted by atomic mass is 32.1. The molecule has 30 heavy (non-hydrogen) atoms. The summed E-state index contributed by atoms with van der Waals surface area (Å²) in [6, 6.07) is 17.9. The standard InChI is InChI=1S/C23H26N4O2S/c1-29-20-10-5-9-19(15-20)16-21-24-23(30-25-21)27-12-6-11-26(13-14-27)22(28)17-18-7-3-2-4-8-18/h2-5,7-10,15H,6,11-14,16-17H2,1H3. The third-order valence-corrected chi connectivity index (χ3v) is 6.09. The smallest absolute Gasteiger partial charge is 0.227 e. The number of amides is 1. The van der Waals surface area contributed by atoms with Gasteiger partial charge in [0.05, 0.1) is 13.5 Å². The van der Waals surface area contributed by atoms with Gasteiger partial charge in [-0.2, -0.15) is 4.37 Å². The van der Waals surface area contributed by atoms with Gasteiger partial charge in [-0.25, -0.2) is 4.98 Å². The zero-order valence-corrected chi connectivity index (χ0v) is 18.0. The molecule has 6 nitrogen and oxygen atoms in total. The second-order valence-electron chi connectivity index (χ2n) is 7.41. The first-order valence-corrected chi connectivity index (χ1v) is 11.0. The van der Waals surface area contributed by atoms with Crippen molar-refractivity contribution in [3.05, 3.63) is 71.5 Å². The van der Waals surface area contributed by atoms with Crippen LogP contribution in [0.2, 0.25) is 0 Å². The van der Waals surface area contributed by atoms with Crippen molar-refractivity contribution < 1.29 is 9.53 Å². The highest BCUT2D eigenvalue weighted by Crippen LogP contribution is 2.22. The monoisotopic (exact) mass is 422 g/mol. The maximum Gasteiger partial charge on any atom is 0.227 e. The molecular weight excluding hydrogens is 396 g/mol. The number of methoxy groups -OCH3 is 1. The van der Waals surface area contributed by atoms with Gasteiger partial charge < -0.3 is 14.5 Å². The molecule has 1 amide bonds. The Hall–Kier alpha value is -2.93. The molecule has 2 heterocycles. The molecule has 0 bridgehead atoms. The van der Waals surface area contributed by atoms with Gasteiger partial charge in [0.2, 0.25) is 11.0 Å². The number of benzene rings is 2. The minimum Gasteiger partial charge on any atom is -0.497 e. The van der Waals surface area contributed by atoms with Gasteiger partial charge in [0, 0.05) is 44.1 Å². The fourth-order valence-electron chi connectivity index (χ4n) is 3.65. The van der Waals surface area contributed by atoms with E-state index in [4.69, 9.17) is 9.72 Å². The van der Waals surface area contributed by atoms with Crippen LogP contribution in [0.1, 0.15) is 23.4 Å². The van der Waals surface area contributed by atoms with E-state index in [9.17, 15) is 4.79 Å². The van der Waals surface area contributed by atoms with Crippen LogP contribution in [0.15, 0.2) is 54.6 Å². The maximum absolute atomic E-state index is 12.7. The van der Waals surface area contributed by atoms with Gasteiger partial charge in [-0.1, -0.05) is 42.5 Å². The van der Waals surface area contributed by atoms with E-state index in [0.717, 1.165) is 60.4 Å². The van der Waals surface area contributed by atoms with Crippen molar-refractivity contribution in [2.24, 2.45) is 0 Å². The molecule has 1 aliphatic heterocycles. The quantitative estimate of drug-likeness (QED) is 0.609. The average molecular weight is 423 g/mol. The summed E-state index contributed by atoms with van der Waals surface area (Å²) in [6.45, 7) is 3.19. The lowest BCUT2D eigenvalue weighted by Gasteiger charge is -2.21. The van der Waals surface area contributed by atoms with Crippen LogP contribution >= 0.6 is 11.5 Å². The van der Waals surface area contributed by atoms with Gasteiger partial charge in [-0.3, -0.25) is 4.79 Å². The summed E-state index contributed by atoms with van der Waals surface area (Å²) < 4.78 is 9.85. The number of hydrogen-bond donors (Lipinski definition) is 0. The van der Waals surface area contributed by atoms with Gasteiger partial charge in [0.15, 0.2) is 0 Å². The predicted molar refractivity (Wildman–Crippen MR) is 119 cm³/mol. The molecule has 0 aliphatic carbocycles. The van der Waals surface area contributed by atoms with Crippen molar-refractivity contribution in [2.75, 3.05) is 38.2 Å². The van der Waals surface area contributed by atoms with Gasteiger partial charge in [0.1, 0.15) is 11.6 Å². The second-order valence-corrected chi connectivity index (χ2v) is 8.14. The molecule has 0 radical (unpaired) electrons. The van der Waals surface area contributed by atoms with Crippen LogP contribution < -0.4 is 9.64 Å². The van der Waals surface area contributed by atoms with Crippen LogP contribution in [-0.2, 0) is 17.6 Å². The Morgan fingerprint density at radius 2 is 1.87 bits per heavy atom. The molecule has 3 aromatic rings. The van der Waals surface area contributed by atoms with Gasteiger partial charge in [0.25, 0.3) is 0 Å². The van der Waals surface area contributed by atoms with Crippen molar-refractivity contribution in [2.45, 2.75) is 19.3 Å². The lowest BCUT2D eigenvalue weighted by Crippen LogP contribution is -2.36. The van der Waals surface area contributed by atoms with Crippen LogP contribution in [0, 0.1) is 0 Å². The summed E-state index contributed by atoms with van der Waals surface area (Å²) >= 11 is 1.44. The molecule has 2 aromatic carbocycles. The summed E-state index contributed by atoms with van der Waals surface area (Å²) in [5.41, 5.74) is 2.20. The number of anilines is 1. The Labute approximate surface area is 181 Å². The van der Waals surface area contributed by atoms with Crippen LogP contribution in [0.25, 0.3) is 0 Å². The maximum atomic E-state index is 12.7. The SMILES string of the molecule is COc1cccc(Cc2nsc(N3CCCN(C(=O)Cc4ccccc4)CC3)n2)c1. The third-order valence-electron chi connectivity index (χ3n) is 5.27. The zero-order valence-electron chi connectivity index (χ0n) is 17.2. The Balaban J connectivity index is 1.35. The molecule has 0 saturated carbocycles. The topological polar surface area (TPSA) is 58.6 Å². The summed E-state index contributed by atoms with van der Waals surface area (Å²) in [6.07, 6.45) is 2.08. The molecule has 7 heteroatoms. The summed E-state index contributed by atoms with van der Waals surface area (Å²) in [5, 5.41) is 0.935. The predicted octanol–water partition coefficient (Wildman–Crippen LogP) is 3.42. The van der Waals surface area contributed by atoms with Gasteiger partial charge in [-0.05, 0) is 29.7 Å². The Kier molecular flexibility index (Phi) is 6.59. The van der Waals surface area contributed by atoms with E-state index in [1.165, 1.54) is 11.5 Å². The highest BCUT2D eigenvalue weighted by Gasteiger charge is 2.21. The van der Waals surface area contributed by atoms with Crippen LogP contribution in [0.5, 0.6) is 5.75 Å². The fraction of sp³-hybridized carbons (Fsp3) is 0.348. The van der Waals surface area contributed by atoms with E-state index in [1.807, 2.05) is 53.4 Å². The van der Waals surface area contributed by atoms with E-state index < -0.39 is 0 Å². The number of carbonyl (C=O) groups is 1. The van der Waals surface area contributed by atoms with E-state index in [0.29, 0.717) is 12.8 Å². The first kappa shape index (κ1) is 20.3. The Morgan fingerprint density at radius 1 is 1.03 bits per heavy atom. The molecule has 0 N–H and O–H groups in total. The number of ether oxygens (including phenoxy) is 1. The second kappa shape index (κ2) is 9.71. The number of carbonyl (C=O) groups excluding carboxylic acids is 1. The molecular formula is C23H26N4O2S. The summed E-state index contributed by atoms with van der Waals surface area (Å²) in [4.78, 5) is 21.7. The minimum atomic E-state index is 0.194. The molecule has 1 saturated heterocycles. The molecule has 156 valence electrons. The molecule has 1 aliphatic rings. The van der Waals surface area contributed by atoms with Gasteiger partial charge in [-0.15, -0.1) is 0 Å². The van der Waals surface area contributed by atoms with Crippen molar-refractivity contribution in [1.29, 1.82) is 0 Å². The molecule has 0 atom stereocenters. The summed E-state index contributed by atoms with van der Waals surface area (Å²) in [7, 11) is 1.67. The van der Waals surface area contributed by atoms with Crippen LogP contribution in [0.4, 0.5) is 5.13 Å². The molecule has 0 spiro atoms. The Bertz CT molecular complexity index is 976. The van der Waals surface area contributed by atoms with E-state index >= 15 is 0 Å². The lowest BCUT2D eigenvalue weighted by atomic mass is 10.1. The summed E-state index contributed by atoms with van der Waals surface area (Å²) in [5.74, 6) is 1.86. The van der Waals surface area contributed by atoms with Crippen molar-refractivity contribution in [1.82, 2.24) is 14.3 Å². The van der Waals surface area contributed by atoms with Crippen LogP contribution in [0.3, 0.4) is 0 Å². The first-order chi connectivity index (χ1) is 14.7. The molecule has 0 unspecified atom stereocenters. The number of hydrogen-bond acceptors (Lipinski definition) is 6. The number of rotatable bonds is 6. The third kappa shape index (κ3) is 5.16. The number of aromatic nitrogens is 2. The largest absolute Gasteiger partial charge is 0.497 e. The van der Waals surface area contributed by atoms with Crippen LogP contribution in [-0.4, -0.2) is 53.5 Å². The lowest BCUT2D eigenvalue weighted by molar-refractivity contribution is -0.130. The molecule has 1 aromatic heterocycles. The van der Waals surface area contributed by atoms with Crippen molar-refractivity contribution in [3.63, 3.8) is 0 Å². The Morgan fingerprint density at radius 3 is 2.70 bits per heavy atom. The van der Waals surface area contributed by atoms with Gasteiger partial charge >= 0.3 is 0 Å². The van der Waals surface area contributed by atoms with Crippen molar-refractivity contribution >= 4 is 22.6 Å². The van der Waals surface area contributed by atoms with E-state index in [-0.39, 0.29) is 5.91 Å².